The van der Waals surface area contributed by atoms with Crippen LogP contribution in [0.2, 0.25) is 0 Å². The lowest BCUT2D eigenvalue weighted by molar-refractivity contribution is 0.250. The molecule has 0 unspecified atom stereocenters. The van der Waals surface area contributed by atoms with E-state index in [0.717, 1.165) is 9.25 Å². The van der Waals surface area contributed by atoms with Gasteiger partial charge in [0.25, 0.3) is 0 Å². The highest BCUT2D eigenvalue weighted by Crippen LogP contribution is 2.24. The fraction of sp³-hybridized carbons (Fsp3) is 0.167. The van der Waals surface area contributed by atoms with E-state index in [1.54, 1.807) is 49.6 Å². The molecule has 0 saturated heterocycles. The van der Waals surface area contributed by atoms with Gasteiger partial charge in [0, 0.05) is 11.3 Å². The van der Waals surface area contributed by atoms with Crippen LogP contribution in [0.1, 0.15) is 11.4 Å². The number of nitrogens with zero attached hydrogens (tertiary/aromatic N) is 4. The zero-order valence-electron chi connectivity index (χ0n) is 13.9. The van der Waals surface area contributed by atoms with Crippen molar-refractivity contribution in [1.82, 2.24) is 14.3 Å². The van der Waals surface area contributed by atoms with Crippen LogP contribution in [0.15, 0.2) is 53.3 Å². The Labute approximate surface area is 147 Å². The Morgan fingerprint density at radius 1 is 1.12 bits per heavy atom. The third-order valence-electron chi connectivity index (χ3n) is 4.29. The van der Waals surface area contributed by atoms with Crippen molar-refractivity contribution < 1.29 is 13.9 Å². The fourth-order valence-electron chi connectivity index (χ4n) is 2.93. The third-order valence-corrected chi connectivity index (χ3v) is 4.29. The van der Waals surface area contributed by atoms with Gasteiger partial charge in [-0.2, -0.15) is 9.67 Å². The minimum atomic E-state index is -0.579. The van der Waals surface area contributed by atoms with Gasteiger partial charge in [0.15, 0.2) is 5.82 Å². The predicted molar refractivity (Wildman–Crippen MR) is 92.0 cm³/mol. The van der Waals surface area contributed by atoms with Crippen LogP contribution in [0.25, 0.3) is 0 Å². The maximum absolute atomic E-state index is 13.8. The number of rotatable bonds is 4. The zero-order valence-corrected chi connectivity index (χ0v) is 13.9. The summed E-state index contributed by atoms with van der Waals surface area (Å²) >= 11 is 0. The number of halogens is 1. The second kappa shape index (κ2) is 6.14. The maximum Gasteiger partial charge on any atom is 0.354 e. The van der Waals surface area contributed by atoms with Crippen LogP contribution in [0.3, 0.4) is 0 Å². The number of amides is 1. The minimum absolute atomic E-state index is 0.0265. The van der Waals surface area contributed by atoms with Gasteiger partial charge < -0.3 is 4.74 Å². The fourth-order valence-corrected chi connectivity index (χ4v) is 2.93. The van der Waals surface area contributed by atoms with E-state index < -0.39 is 17.5 Å². The number of carbonyl (C=O) groups excluding carboxylic acids is 1. The number of ether oxygens (including phenoxy) is 1. The highest BCUT2D eigenvalue weighted by atomic mass is 19.1. The third kappa shape index (κ3) is 2.55. The lowest BCUT2D eigenvalue weighted by Crippen LogP contribution is -2.35. The number of fused-ring (bicyclic) bond motifs is 1. The summed E-state index contributed by atoms with van der Waals surface area (Å²) in [5.41, 5.74) is 0.399. The topological polar surface area (TPSA) is 69.4 Å². The van der Waals surface area contributed by atoms with Crippen LogP contribution < -0.4 is 15.3 Å². The van der Waals surface area contributed by atoms with E-state index in [-0.39, 0.29) is 13.1 Å². The van der Waals surface area contributed by atoms with Crippen molar-refractivity contribution in [3.8, 4) is 5.75 Å². The molecule has 0 aliphatic carbocycles. The van der Waals surface area contributed by atoms with Crippen molar-refractivity contribution in [2.75, 3.05) is 12.0 Å². The Bertz CT molecular complexity index is 1040. The second-order valence-electron chi connectivity index (χ2n) is 5.85. The number of carbonyl (C=O) groups is 1. The summed E-state index contributed by atoms with van der Waals surface area (Å²) < 4.78 is 21.0. The Morgan fingerprint density at radius 3 is 2.50 bits per heavy atom. The summed E-state index contributed by atoms with van der Waals surface area (Å²) in [6, 6.07) is 12.6. The highest BCUT2D eigenvalue weighted by molar-refractivity contribution is 5.96. The lowest BCUT2D eigenvalue weighted by Gasteiger charge is -2.15. The molecule has 0 radical (unpaired) electrons. The molecule has 3 aromatic rings. The molecule has 7 nitrogen and oxygen atoms in total. The molecular weight excluding hydrogens is 339 g/mol. The van der Waals surface area contributed by atoms with Gasteiger partial charge in [0.1, 0.15) is 11.6 Å². The van der Waals surface area contributed by atoms with E-state index in [1.165, 1.54) is 11.0 Å². The van der Waals surface area contributed by atoms with Crippen LogP contribution in [0.5, 0.6) is 5.75 Å². The first-order valence-electron chi connectivity index (χ1n) is 7.96. The molecule has 4 rings (SSSR count). The van der Waals surface area contributed by atoms with E-state index >= 15 is 0 Å². The first-order valence-corrected chi connectivity index (χ1v) is 7.96. The molecule has 2 aromatic carbocycles. The molecule has 1 aromatic heterocycles. The normalized spacial score (nSPS) is 13.2. The first-order chi connectivity index (χ1) is 12.6. The molecule has 2 heterocycles. The van der Waals surface area contributed by atoms with Crippen LogP contribution in [-0.2, 0) is 13.1 Å². The molecule has 0 spiro atoms. The highest BCUT2D eigenvalue weighted by Gasteiger charge is 2.33. The van der Waals surface area contributed by atoms with Crippen molar-refractivity contribution in [1.29, 1.82) is 0 Å². The molecule has 1 aliphatic rings. The Morgan fingerprint density at radius 2 is 1.85 bits per heavy atom. The summed E-state index contributed by atoms with van der Waals surface area (Å²) in [4.78, 5) is 26.6. The van der Waals surface area contributed by atoms with Gasteiger partial charge in [-0.15, -0.1) is 0 Å². The van der Waals surface area contributed by atoms with Crippen molar-refractivity contribution in [3.05, 3.63) is 76.2 Å². The second-order valence-corrected chi connectivity index (χ2v) is 5.85. The van der Waals surface area contributed by atoms with Crippen LogP contribution >= 0.6 is 0 Å². The molecular formula is C18H15FN4O3. The Balaban J connectivity index is 1.62. The van der Waals surface area contributed by atoms with Crippen LogP contribution in [0, 0.1) is 5.82 Å². The number of anilines is 1. The van der Waals surface area contributed by atoms with Gasteiger partial charge in [0.05, 0.1) is 20.2 Å². The number of hydrogen-bond acceptors (Lipinski definition) is 4. The van der Waals surface area contributed by atoms with Crippen molar-refractivity contribution >= 4 is 11.7 Å². The van der Waals surface area contributed by atoms with Crippen molar-refractivity contribution in [2.45, 2.75) is 13.1 Å². The van der Waals surface area contributed by atoms with Gasteiger partial charge in [0.2, 0.25) is 0 Å². The molecule has 0 N–H and O–H groups in total. The molecule has 0 fully saturated rings. The van der Waals surface area contributed by atoms with E-state index in [1.807, 2.05) is 0 Å². The van der Waals surface area contributed by atoms with E-state index in [4.69, 9.17) is 4.74 Å². The summed E-state index contributed by atoms with van der Waals surface area (Å²) in [6.07, 6.45) is 0. The number of methoxy groups -OCH3 is 1. The molecule has 26 heavy (non-hydrogen) atoms. The van der Waals surface area contributed by atoms with E-state index in [2.05, 4.69) is 5.10 Å². The maximum atomic E-state index is 13.8. The van der Waals surface area contributed by atoms with Crippen LogP contribution in [-0.4, -0.2) is 27.5 Å². The Kier molecular flexibility index (Phi) is 3.80. The summed E-state index contributed by atoms with van der Waals surface area (Å²) in [6.45, 7) is 0.145. The van der Waals surface area contributed by atoms with Crippen molar-refractivity contribution in [2.24, 2.45) is 0 Å². The largest absolute Gasteiger partial charge is 0.497 e. The summed E-state index contributed by atoms with van der Waals surface area (Å²) in [5, 5.41) is 4.20. The zero-order chi connectivity index (χ0) is 18.3. The predicted octanol–water partition coefficient (Wildman–Crippen LogP) is 2.23. The lowest BCUT2D eigenvalue weighted by atomic mass is 10.2. The first kappa shape index (κ1) is 16.1. The quantitative estimate of drug-likeness (QED) is 0.720. The van der Waals surface area contributed by atoms with Crippen molar-refractivity contribution in [3.63, 3.8) is 0 Å². The molecule has 1 amide bonds. The Hall–Kier alpha value is -3.42. The summed E-state index contributed by atoms with van der Waals surface area (Å²) in [5.74, 6) is 0.580. The average Bonchev–Trinajstić information content (AvgIpc) is 3.14. The summed E-state index contributed by atoms with van der Waals surface area (Å²) in [7, 11) is 1.56. The average molecular weight is 354 g/mol. The number of hydrogen-bond donors (Lipinski definition) is 0. The van der Waals surface area contributed by atoms with Gasteiger partial charge >= 0.3 is 11.7 Å². The van der Waals surface area contributed by atoms with Gasteiger partial charge in [-0.3, -0.25) is 4.90 Å². The van der Waals surface area contributed by atoms with E-state index in [9.17, 15) is 14.0 Å². The smallest absolute Gasteiger partial charge is 0.354 e. The standard InChI is InChI=1S/C18H15FN4O3/c1-26-14-8-6-13(7-9-14)21-11-16-20-22(18(25)23(16)17(21)24)10-12-4-2-3-5-15(12)19/h2-9H,10-11H2,1H3. The molecule has 8 heteroatoms. The van der Waals surface area contributed by atoms with Gasteiger partial charge in [-0.1, -0.05) is 18.2 Å². The molecule has 0 atom stereocenters. The number of benzene rings is 2. The van der Waals surface area contributed by atoms with E-state index in [0.29, 0.717) is 22.8 Å². The monoisotopic (exact) mass is 354 g/mol. The molecule has 132 valence electrons. The molecule has 0 saturated carbocycles. The van der Waals surface area contributed by atoms with Crippen LogP contribution in [0.4, 0.5) is 14.9 Å². The van der Waals surface area contributed by atoms with Gasteiger partial charge in [-0.25, -0.2) is 18.7 Å². The van der Waals surface area contributed by atoms with Gasteiger partial charge in [-0.05, 0) is 30.3 Å². The minimum Gasteiger partial charge on any atom is -0.497 e. The number of aromatic nitrogens is 3. The molecule has 0 bridgehead atoms. The molecule has 1 aliphatic heterocycles. The SMILES string of the molecule is COc1ccc(N2Cc3nn(Cc4ccccc4F)c(=O)n3C2=O)cc1.